The van der Waals surface area contributed by atoms with E-state index in [1.54, 1.807) is 0 Å². The normalized spacial score (nSPS) is 31.6. The lowest BCUT2D eigenvalue weighted by molar-refractivity contribution is -0.146. The van der Waals surface area contributed by atoms with Crippen molar-refractivity contribution in [2.24, 2.45) is 11.3 Å². The summed E-state index contributed by atoms with van der Waals surface area (Å²) in [5.74, 6) is 0.315. The van der Waals surface area contributed by atoms with Gasteiger partial charge in [-0.25, -0.2) is 4.98 Å². The van der Waals surface area contributed by atoms with Gasteiger partial charge in [-0.05, 0) is 43.3 Å². The highest BCUT2D eigenvalue weighted by atomic mass is 16.3. The molecular weight excluding hydrogens is 274 g/mol. The zero-order chi connectivity index (χ0) is 14.7. The van der Waals surface area contributed by atoms with Crippen molar-refractivity contribution < 1.29 is 5.11 Å². The van der Waals surface area contributed by atoms with E-state index in [1.807, 2.05) is 12.5 Å². The van der Waals surface area contributed by atoms with E-state index in [4.69, 9.17) is 0 Å². The van der Waals surface area contributed by atoms with Gasteiger partial charge in [0.25, 0.3) is 0 Å². The molecule has 5 rings (SSSR count). The Morgan fingerprint density at radius 1 is 1.23 bits per heavy atom. The quantitative estimate of drug-likeness (QED) is 0.848. The molecule has 114 valence electrons. The first-order valence-corrected chi connectivity index (χ1v) is 8.30. The van der Waals surface area contributed by atoms with Crippen LogP contribution in [0.25, 0.3) is 11.3 Å². The molecule has 1 aromatic carbocycles. The highest BCUT2D eigenvalue weighted by Crippen LogP contribution is 2.58. The number of aromatic nitrogens is 2. The second-order valence-corrected chi connectivity index (χ2v) is 7.14. The van der Waals surface area contributed by atoms with Gasteiger partial charge in [-0.2, -0.15) is 0 Å². The van der Waals surface area contributed by atoms with Crippen LogP contribution in [0.5, 0.6) is 0 Å². The molecule has 3 unspecified atom stereocenters. The molecule has 0 radical (unpaired) electrons. The number of fused-ring (bicyclic) bond motifs is 3. The molecule has 1 spiro atoms. The van der Waals surface area contributed by atoms with Crippen LogP contribution in [0.4, 0.5) is 0 Å². The monoisotopic (exact) mass is 295 g/mol. The third-order valence-electron chi connectivity index (χ3n) is 6.20. The van der Waals surface area contributed by atoms with Gasteiger partial charge in [0.15, 0.2) is 0 Å². The third kappa shape index (κ3) is 1.52. The van der Waals surface area contributed by atoms with Crippen LogP contribution in [-0.2, 0) is 0 Å². The Morgan fingerprint density at radius 3 is 2.86 bits per heavy atom. The fraction of sp³-hybridized carbons (Fsp3) is 0.500. The number of hydrogen-bond acceptors (Lipinski definition) is 3. The maximum Gasteiger partial charge on any atom is 0.0956 e. The number of hydrogen-bond donors (Lipinski definition) is 2. The van der Waals surface area contributed by atoms with Gasteiger partial charge < -0.3 is 15.0 Å². The summed E-state index contributed by atoms with van der Waals surface area (Å²) in [7, 11) is 0. The van der Waals surface area contributed by atoms with Crippen molar-refractivity contribution in [3.8, 4) is 11.3 Å². The summed E-state index contributed by atoms with van der Waals surface area (Å²) in [5, 5.41) is 14.4. The molecule has 0 amide bonds. The van der Waals surface area contributed by atoms with Gasteiger partial charge in [0.1, 0.15) is 0 Å². The maximum atomic E-state index is 11.0. The van der Waals surface area contributed by atoms with Crippen LogP contribution in [0.1, 0.15) is 30.9 Å². The molecule has 2 fully saturated rings. The Morgan fingerprint density at radius 2 is 2.05 bits per heavy atom. The van der Waals surface area contributed by atoms with Crippen LogP contribution >= 0.6 is 0 Å². The first-order chi connectivity index (χ1) is 10.8. The molecule has 1 aliphatic carbocycles. The van der Waals surface area contributed by atoms with Crippen LogP contribution in [-0.4, -0.2) is 33.9 Å². The molecule has 2 aromatic rings. The number of nitrogens with one attached hydrogen (secondary N) is 1. The van der Waals surface area contributed by atoms with E-state index < -0.39 is 0 Å². The Hall–Kier alpha value is -1.65. The fourth-order valence-electron chi connectivity index (χ4n) is 5.01. The minimum Gasteiger partial charge on any atom is -0.392 e. The molecule has 2 aliphatic heterocycles. The van der Waals surface area contributed by atoms with E-state index in [9.17, 15) is 5.11 Å². The Balaban J connectivity index is 1.52. The fourth-order valence-corrected chi connectivity index (χ4v) is 5.01. The van der Waals surface area contributed by atoms with Gasteiger partial charge in [-0.3, -0.25) is 0 Å². The van der Waals surface area contributed by atoms with E-state index in [-0.39, 0.29) is 17.6 Å². The first kappa shape index (κ1) is 12.9. The largest absolute Gasteiger partial charge is 0.392 e. The summed E-state index contributed by atoms with van der Waals surface area (Å²) in [6.45, 7) is 2.09. The van der Waals surface area contributed by atoms with Crippen LogP contribution < -0.4 is 5.32 Å². The molecule has 2 N–H and O–H groups in total. The van der Waals surface area contributed by atoms with Crippen molar-refractivity contribution in [2.45, 2.75) is 31.4 Å². The van der Waals surface area contributed by atoms with Crippen molar-refractivity contribution in [3.63, 3.8) is 0 Å². The molecular formula is C18H21N3O. The molecule has 4 heteroatoms. The molecule has 4 nitrogen and oxygen atoms in total. The van der Waals surface area contributed by atoms with E-state index in [0.717, 1.165) is 32.4 Å². The second-order valence-electron chi connectivity index (χ2n) is 7.14. The molecule has 3 aliphatic rings. The summed E-state index contributed by atoms with van der Waals surface area (Å²) in [5.41, 5.74) is 3.99. The van der Waals surface area contributed by atoms with Crippen LogP contribution in [0.2, 0.25) is 0 Å². The number of imidazole rings is 1. The molecule has 1 saturated heterocycles. The second kappa shape index (κ2) is 4.43. The van der Waals surface area contributed by atoms with Crippen molar-refractivity contribution >= 4 is 0 Å². The average molecular weight is 295 g/mol. The van der Waals surface area contributed by atoms with Gasteiger partial charge in [0.05, 0.1) is 30.4 Å². The van der Waals surface area contributed by atoms with E-state index in [1.165, 1.54) is 16.8 Å². The summed E-state index contributed by atoms with van der Waals surface area (Å²) in [6, 6.07) is 8.84. The Labute approximate surface area is 130 Å². The van der Waals surface area contributed by atoms with E-state index in [0.29, 0.717) is 5.92 Å². The van der Waals surface area contributed by atoms with Crippen LogP contribution in [0, 0.1) is 11.3 Å². The van der Waals surface area contributed by atoms with Gasteiger partial charge >= 0.3 is 0 Å². The number of aliphatic hydroxyl groups is 1. The van der Waals surface area contributed by atoms with Crippen molar-refractivity contribution in [3.05, 3.63) is 42.4 Å². The SMILES string of the molecule is OC1C(C2c3ccccc3-c3cncn32)CC12CCNCC2. The number of nitrogens with zero attached hydrogens (tertiary/aromatic N) is 2. The highest BCUT2D eigenvalue weighted by Gasteiger charge is 2.57. The molecule has 1 saturated carbocycles. The summed E-state index contributed by atoms with van der Waals surface area (Å²) in [6.07, 6.45) is 7.03. The minimum absolute atomic E-state index is 0.161. The Bertz CT molecular complexity index is 717. The molecule has 3 atom stereocenters. The summed E-state index contributed by atoms with van der Waals surface area (Å²) in [4.78, 5) is 4.33. The lowest BCUT2D eigenvalue weighted by Crippen LogP contribution is -2.58. The third-order valence-corrected chi connectivity index (χ3v) is 6.20. The van der Waals surface area contributed by atoms with Crippen molar-refractivity contribution in [2.75, 3.05) is 13.1 Å². The van der Waals surface area contributed by atoms with Crippen LogP contribution in [0.15, 0.2) is 36.8 Å². The van der Waals surface area contributed by atoms with Gasteiger partial charge in [-0.15, -0.1) is 0 Å². The average Bonchev–Trinajstić information content (AvgIpc) is 3.14. The molecule has 22 heavy (non-hydrogen) atoms. The number of benzene rings is 1. The minimum atomic E-state index is -0.194. The smallest absolute Gasteiger partial charge is 0.0956 e. The maximum absolute atomic E-state index is 11.0. The zero-order valence-corrected chi connectivity index (χ0v) is 12.6. The molecule has 1 aromatic heterocycles. The Kier molecular flexibility index (Phi) is 2.59. The van der Waals surface area contributed by atoms with E-state index in [2.05, 4.69) is 39.1 Å². The molecule has 0 bridgehead atoms. The highest BCUT2D eigenvalue weighted by molar-refractivity contribution is 5.69. The lowest BCUT2D eigenvalue weighted by atomic mass is 9.53. The van der Waals surface area contributed by atoms with Crippen molar-refractivity contribution in [1.29, 1.82) is 0 Å². The standard InChI is InChI=1S/C18H21N3O/c22-17-14(9-18(17)5-7-19-8-6-18)16-13-4-2-1-3-12(13)15-10-20-11-21(15)16/h1-4,10-11,14,16-17,19,22H,5-9H2. The predicted molar refractivity (Wildman–Crippen MR) is 84.5 cm³/mol. The van der Waals surface area contributed by atoms with Gasteiger partial charge in [0.2, 0.25) is 0 Å². The van der Waals surface area contributed by atoms with Crippen LogP contribution in [0.3, 0.4) is 0 Å². The number of piperidine rings is 1. The number of aliphatic hydroxyl groups excluding tert-OH is 1. The molecule has 3 heterocycles. The van der Waals surface area contributed by atoms with Gasteiger partial charge in [0, 0.05) is 11.5 Å². The van der Waals surface area contributed by atoms with Gasteiger partial charge in [-0.1, -0.05) is 24.3 Å². The van der Waals surface area contributed by atoms with Crippen molar-refractivity contribution in [1.82, 2.24) is 14.9 Å². The number of rotatable bonds is 1. The topological polar surface area (TPSA) is 50.1 Å². The zero-order valence-electron chi connectivity index (χ0n) is 12.6. The summed E-state index contributed by atoms with van der Waals surface area (Å²) >= 11 is 0. The summed E-state index contributed by atoms with van der Waals surface area (Å²) < 4.78 is 2.27. The lowest BCUT2D eigenvalue weighted by Gasteiger charge is -2.56. The predicted octanol–water partition coefficient (Wildman–Crippen LogP) is 2.20. The van der Waals surface area contributed by atoms with E-state index >= 15 is 0 Å². The first-order valence-electron chi connectivity index (χ1n) is 8.30.